The normalized spacial score (nSPS) is 19.5. The van der Waals surface area contributed by atoms with Crippen molar-refractivity contribution in [3.63, 3.8) is 0 Å². The van der Waals surface area contributed by atoms with Gasteiger partial charge in [0.1, 0.15) is 11.6 Å². The van der Waals surface area contributed by atoms with Crippen LogP contribution in [-0.4, -0.2) is 54.9 Å². The van der Waals surface area contributed by atoms with Gasteiger partial charge in [-0.2, -0.15) is 0 Å². The van der Waals surface area contributed by atoms with Crippen LogP contribution in [0, 0.1) is 5.41 Å². The molecule has 0 aliphatic carbocycles. The highest BCUT2D eigenvalue weighted by Crippen LogP contribution is 2.34. The van der Waals surface area contributed by atoms with E-state index in [-0.39, 0.29) is 5.41 Å². The molecule has 1 saturated heterocycles. The molecule has 0 spiro atoms. The summed E-state index contributed by atoms with van der Waals surface area (Å²) in [5, 5.41) is 5.21. The number of nitrogens with one attached hydrogen (secondary N) is 1. The number of nitrogens with zero attached hydrogens (tertiary/aromatic N) is 2. The molecule has 1 fully saturated rings. The molecule has 0 amide bonds. The van der Waals surface area contributed by atoms with Gasteiger partial charge in [0, 0.05) is 64.4 Å². The zero-order valence-electron chi connectivity index (χ0n) is 18.5. The van der Waals surface area contributed by atoms with E-state index in [1.54, 1.807) is 7.11 Å². The molecule has 5 rings (SSSR count). The Morgan fingerprint density at radius 2 is 2.12 bits per heavy atom. The lowest BCUT2D eigenvalue weighted by Gasteiger charge is -2.40. The lowest BCUT2D eigenvalue weighted by molar-refractivity contribution is -0.0979. The van der Waals surface area contributed by atoms with Crippen LogP contribution in [0.3, 0.4) is 0 Å². The number of hydrogen-bond donors (Lipinski definition) is 2. The quantitative estimate of drug-likeness (QED) is 0.551. The van der Waals surface area contributed by atoms with Crippen molar-refractivity contribution >= 4 is 44.8 Å². The molecule has 9 heteroatoms. The lowest BCUT2D eigenvalue weighted by Crippen LogP contribution is -2.52. The smallest absolute Gasteiger partial charge is 0.131 e. The van der Waals surface area contributed by atoms with Crippen molar-refractivity contribution in [2.24, 2.45) is 11.1 Å². The third kappa shape index (κ3) is 4.40. The molecular weight excluding hydrogens is 460 g/mol. The Morgan fingerprint density at radius 3 is 2.85 bits per heavy atom. The molecule has 0 saturated carbocycles. The molecule has 1 atom stereocenters. The summed E-state index contributed by atoms with van der Waals surface area (Å²) < 4.78 is 23.7. The summed E-state index contributed by atoms with van der Waals surface area (Å²) in [6.45, 7) is 3.85. The summed E-state index contributed by atoms with van der Waals surface area (Å²) in [4.78, 5) is 7.94. The highest BCUT2D eigenvalue weighted by molar-refractivity contribution is 7.85. The average Bonchev–Trinajstić information content (AvgIpc) is 2.97. The van der Waals surface area contributed by atoms with Crippen LogP contribution in [0.4, 0.5) is 11.5 Å². The molecule has 0 bridgehead atoms. The van der Waals surface area contributed by atoms with Crippen molar-refractivity contribution in [3.05, 3.63) is 53.1 Å². The Labute approximate surface area is 200 Å². The second-order valence-electron chi connectivity index (χ2n) is 8.68. The molecule has 3 aromatic rings. The summed E-state index contributed by atoms with van der Waals surface area (Å²) in [5.74, 6) is 2.08. The highest BCUT2D eigenvalue weighted by Gasteiger charge is 2.37. The predicted octanol–water partition coefficient (Wildman–Crippen LogP) is 3.41. The topological polar surface area (TPSA) is 89.7 Å². The van der Waals surface area contributed by atoms with Crippen LogP contribution in [0.25, 0.3) is 10.9 Å². The first-order chi connectivity index (χ1) is 16.0. The Morgan fingerprint density at radius 1 is 1.27 bits per heavy atom. The van der Waals surface area contributed by atoms with Gasteiger partial charge in [-0.25, -0.2) is 4.98 Å². The van der Waals surface area contributed by atoms with Crippen molar-refractivity contribution in [1.82, 2.24) is 4.98 Å². The minimum absolute atomic E-state index is 0.0498. The standard InChI is InChI=1S/C24H27ClN4O3S/c1-31-18-4-2-16-11-29(6-7-33(30)22(16)9-18)23-10-21(27-13-24(12-26)14-32-15-24)19-8-17(25)3-5-20(19)28-23/h2-5,8-10H,6-7,11-15,26H2,1H3,(H,27,28). The maximum atomic E-state index is 12.9. The number of fused-ring (bicyclic) bond motifs is 2. The van der Waals surface area contributed by atoms with E-state index in [4.69, 9.17) is 31.8 Å². The van der Waals surface area contributed by atoms with Gasteiger partial charge in [0.25, 0.3) is 0 Å². The van der Waals surface area contributed by atoms with Crippen LogP contribution in [0.2, 0.25) is 5.02 Å². The van der Waals surface area contributed by atoms with E-state index in [2.05, 4.69) is 16.3 Å². The zero-order chi connectivity index (χ0) is 23.0. The van der Waals surface area contributed by atoms with Gasteiger partial charge in [0.2, 0.25) is 0 Å². The molecular formula is C24H27ClN4O3S. The number of halogens is 1. The molecule has 1 unspecified atom stereocenters. The fraction of sp³-hybridized carbons (Fsp3) is 0.375. The highest BCUT2D eigenvalue weighted by atomic mass is 35.5. The number of pyridine rings is 1. The Bertz CT molecular complexity index is 1210. The monoisotopic (exact) mass is 486 g/mol. The van der Waals surface area contributed by atoms with E-state index in [1.165, 1.54) is 0 Å². The molecule has 1 aromatic heterocycles. The van der Waals surface area contributed by atoms with Crippen molar-refractivity contribution in [3.8, 4) is 5.75 Å². The molecule has 3 heterocycles. The van der Waals surface area contributed by atoms with Crippen LogP contribution < -0.4 is 20.7 Å². The van der Waals surface area contributed by atoms with Gasteiger partial charge in [-0.05, 0) is 35.9 Å². The average molecular weight is 487 g/mol. The van der Waals surface area contributed by atoms with E-state index < -0.39 is 10.8 Å². The van der Waals surface area contributed by atoms with Crippen LogP contribution in [0.5, 0.6) is 5.75 Å². The maximum absolute atomic E-state index is 12.9. The number of nitrogens with two attached hydrogens (primary N) is 1. The summed E-state index contributed by atoms with van der Waals surface area (Å²) in [6, 6.07) is 13.6. The minimum Gasteiger partial charge on any atom is -0.497 e. The lowest BCUT2D eigenvalue weighted by atomic mass is 9.86. The van der Waals surface area contributed by atoms with E-state index in [0.717, 1.165) is 38.6 Å². The SMILES string of the molecule is COc1ccc2c(c1)S(=O)CCN(c1cc(NCC3(CN)COC3)c3cc(Cl)ccc3n1)C2. The second-order valence-corrected chi connectivity index (χ2v) is 10.7. The van der Waals surface area contributed by atoms with E-state index in [1.807, 2.05) is 36.4 Å². The number of anilines is 2. The predicted molar refractivity (Wildman–Crippen MR) is 133 cm³/mol. The molecule has 7 nitrogen and oxygen atoms in total. The molecule has 174 valence electrons. The first kappa shape index (κ1) is 22.4. The third-order valence-electron chi connectivity index (χ3n) is 6.41. The Kier molecular flexibility index (Phi) is 6.18. The number of aromatic nitrogens is 1. The van der Waals surface area contributed by atoms with Gasteiger partial charge in [-0.15, -0.1) is 0 Å². The summed E-state index contributed by atoms with van der Waals surface area (Å²) >= 11 is 6.30. The van der Waals surface area contributed by atoms with Crippen LogP contribution in [-0.2, 0) is 22.1 Å². The summed E-state index contributed by atoms with van der Waals surface area (Å²) in [6.07, 6.45) is 0. The number of rotatable bonds is 6. The van der Waals surface area contributed by atoms with Crippen molar-refractivity contribution < 1.29 is 13.7 Å². The summed E-state index contributed by atoms with van der Waals surface area (Å²) in [7, 11) is 0.528. The molecule has 33 heavy (non-hydrogen) atoms. The largest absolute Gasteiger partial charge is 0.497 e. The van der Waals surface area contributed by atoms with Crippen molar-refractivity contribution in [2.75, 3.05) is 55.9 Å². The molecule has 2 aliphatic rings. The van der Waals surface area contributed by atoms with E-state index >= 15 is 0 Å². The molecule has 0 radical (unpaired) electrons. The van der Waals surface area contributed by atoms with Gasteiger partial charge < -0.3 is 25.4 Å². The number of hydrogen-bond acceptors (Lipinski definition) is 7. The number of methoxy groups -OCH3 is 1. The first-order valence-electron chi connectivity index (χ1n) is 10.9. The first-order valence-corrected chi connectivity index (χ1v) is 12.6. The van der Waals surface area contributed by atoms with Gasteiger partial charge in [0.05, 0.1) is 36.6 Å². The van der Waals surface area contributed by atoms with Gasteiger partial charge in [0.15, 0.2) is 0 Å². The third-order valence-corrected chi connectivity index (χ3v) is 8.07. The Balaban J connectivity index is 1.51. The maximum Gasteiger partial charge on any atom is 0.131 e. The Hall–Kier alpha value is -2.39. The van der Waals surface area contributed by atoms with Gasteiger partial charge in [-0.1, -0.05) is 17.7 Å². The fourth-order valence-electron chi connectivity index (χ4n) is 4.25. The number of ether oxygens (including phenoxy) is 2. The van der Waals surface area contributed by atoms with E-state index in [9.17, 15) is 4.21 Å². The van der Waals surface area contributed by atoms with Crippen molar-refractivity contribution in [2.45, 2.75) is 11.4 Å². The molecule has 2 aliphatic heterocycles. The van der Waals surface area contributed by atoms with Crippen LogP contribution >= 0.6 is 11.6 Å². The van der Waals surface area contributed by atoms with Crippen molar-refractivity contribution in [1.29, 1.82) is 0 Å². The van der Waals surface area contributed by atoms with Crippen LogP contribution in [0.1, 0.15) is 5.56 Å². The van der Waals surface area contributed by atoms with Gasteiger partial charge >= 0.3 is 0 Å². The minimum atomic E-state index is -1.09. The van der Waals surface area contributed by atoms with E-state index in [0.29, 0.717) is 50.2 Å². The zero-order valence-corrected chi connectivity index (χ0v) is 20.0. The van der Waals surface area contributed by atoms with Gasteiger partial charge in [-0.3, -0.25) is 4.21 Å². The molecule has 3 N–H and O–H groups in total. The number of benzene rings is 2. The fourth-order valence-corrected chi connectivity index (χ4v) is 5.70. The molecule has 2 aromatic carbocycles. The van der Waals surface area contributed by atoms with Crippen LogP contribution in [0.15, 0.2) is 47.4 Å². The summed E-state index contributed by atoms with van der Waals surface area (Å²) in [5.41, 5.74) is 8.79. The second kappa shape index (κ2) is 9.10.